The summed E-state index contributed by atoms with van der Waals surface area (Å²) in [4.78, 5) is 4.34. The Morgan fingerprint density at radius 1 is 1.35 bits per heavy atom. The average molecular weight is 293 g/mol. The largest absolute Gasteiger partial charge is 0.392 e. The molecule has 1 saturated carbocycles. The van der Waals surface area contributed by atoms with Crippen LogP contribution in [0, 0.1) is 5.92 Å². The van der Waals surface area contributed by atoms with Crippen LogP contribution in [0.1, 0.15) is 31.6 Å². The molecule has 0 saturated heterocycles. The average Bonchev–Trinajstić information content (AvgIpc) is 3.10. The van der Waals surface area contributed by atoms with Gasteiger partial charge in [0.2, 0.25) is 11.7 Å². The fourth-order valence-electron chi connectivity index (χ4n) is 2.77. The quantitative estimate of drug-likeness (QED) is 0.937. The molecule has 106 valence electrons. The fraction of sp³-hybridized carbons (Fsp3) is 0.467. The minimum atomic E-state index is -0.384. The lowest BCUT2D eigenvalue weighted by molar-refractivity contribution is 0.102. The van der Waals surface area contributed by atoms with Crippen LogP contribution in [0.5, 0.6) is 0 Å². The minimum Gasteiger partial charge on any atom is -0.392 e. The lowest BCUT2D eigenvalue weighted by Gasteiger charge is -2.14. The van der Waals surface area contributed by atoms with E-state index in [1.54, 1.807) is 12.1 Å². The molecule has 1 aromatic heterocycles. The molecule has 0 radical (unpaired) electrons. The number of rotatable bonds is 4. The van der Waals surface area contributed by atoms with Crippen LogP contribution >= 0.6 is 11.6 Å². The molecular weight excluding hydrogens is 276 g/mol. The summed E-state index contributed by atoms with van der Waals surface area (Å²) in [6.07, 6.45) is 4.65. The summed E-state index contributed by atoms with van der Waals surface area (Å²) in [5.41, 5.74) is 0.822. The number of hydrogen-bond donors (Lipinski definition) is 1. The van der Waals surface area contributed by atoms with Crippen molar-refractivity contribution in [3.05, 3.63) is 35.2 Å². The normalized spacial score (nSPS) is 17.5. The van der Waals surface area contributed by atoms with Gasteiger partial charge in [0.25, 0.3) is 0 Å². The van der Waals surface area contributed by atoms with Gasteiger partial charge in [0.15, 0.2) is 0 Å². The number of benzene rings is 1. The predicted molar refractivity (Wildman–Crippen MR) is 76.4 cm³/mol. The zero-order valence-corrected chi connectivity index (χ0v) is 11.9. The maximum Gasteiger partial charge on any atom is 0.229 e. The second-order valence-corrected chi connectivity index (χ2v) is 5.77. The molecule has 0 bridgehead atoms. The molecule has 1 atom stereocenters. The first-order valence-electron chi connectivity index (χ1n) is 6.99. The van der Waals surface area contributed by atoms with Gasteiger partial charge in [0.1, 0.15) is 0 Å². The van der Waals surface area contributed by atoms with Crippen LogP contribution in [0.15, 0.2) is 28.8 Å². The maximum atomic E-state index is 10.2. The number of aliphatic hydroxyl groups excluding tert-OH is 1. The van der Waals surface area contributed by atoms with E-state index in [0.29, 0.717) is 29.1 Å². The van der Waals surface area contributed by atoms with E-state index in [2.05, 4.69) is 10.1 Å². The third-order valence-electron chi connectivity index (χ3n) is 3.88. The maximum absolute atomic E-state index is 10.2. The summed E-state index contributed by atoms with van der Waals surface area (Å²) >= 11 is 5.95. The lowest BCUT2D eigenvalue weighted by atomic mass is 9.98. The molecule has 5 heteroatoms. The second kappa shape index (κ2) is 5.94. The van der Waals surface area contributed by atoms with Gasteiger partial charge in [-0.1, -0.05) is 41.7 Å². The molecule has 4 nitrogen and oxygen atoms in total. The van der Waals surface area contributed by atoms with Crippen LogP contribution in [0.3, 0.4) is 0 Å². The third kappa shape index (κ3) is 3.02. The van der Waals surface area contributed by atoms with Gasteiger partial charge in [0.05, 0.1) is 12.5 Å². The first-order chi connectivity index (χ1) is 9.72. The highest BCUT2D eigenvalue weighted by atomic mass is 35.5. The Morgan fingerprint density at radius 2 is 2.15 bits per heavy atom. The van der Waals surface area contributed by atoms with Crippen molar-refractivity contribution in [3.63, 3.8) is 0 Å². The van der Waals surface area contributed by atoms with Crippen LogP contribution in [0.2, 0.25) is 5.02 Å². The van der Waals surface area contributed by atoms with E-state index in [9.17, 15) is 5.11 Å². The van der Waals surface area contributed by atoms with Crippen molar-refractivity contribution in [2.45, 2.75) is 38.2 Å². The molecule has 1 fully saturated rings. The molecule has 0 spiro atoms. The Morgan fingerprint density at radius 3 is 2.90 bits per heavy atom. The van der Waals surface area contributed by atoms with E-state index in [1.807, 2.05) is 12.1 Å². The fourth-order valence-corrected chi connectivity index (χ4v) is 2.96. The van der Waals surface area contributed by atoms with Gasteiger partial charge in [-0.15, -0.1) is 0 Å². The third-order valence-corrected chi connectivity index (χ3v) is 4.11. The number of nitrogens with zero attached hydrogens (tertiary/aromatic N) is 2. The summed E-state index contributed by atoms with van der Waals surface area (Å²) in [6, 6.07) is 7.33. The highest BCUT2D eigenvalue weighted by Gasteiger charge is 2.25. The highest BCUT2D eigenvalue weighted by molar-refractivity contribution is 6.30. The number of aliphatic hydroxyl groups is 1. The van der Waals surface area contributed by atoms with Crippen molar-refractivity contribution < 1.29 is 9.63 Å². The topological polar surface area (TPSA) is 59.2 Å². The van der Waals surface area contributed by atoms with Crippen LogP contribution in [-0.4, -0.2) is 21.4 Å². The summed E-state index contributed by atoms with van der Waals surface area (Å²) in [7, 11) is 0. The molecule has 1 aromatic carbocycles. The molecule has 1 aliphatic carbocycles. The highest BCUT2D eigenvalue weighted by Crippen LogP contribution is 2.29. The Bertz CT molecular complexity index is 579. The molecule has 0 amide bonds. The monoisotopic (exact) mass is 292 g/mol. The van der Waals surface area contributed by atoms with Gasteiger partial charge in [-0.2, -0.15) is 4.98 Å². The first kappa shape index (κ1) is 13.6. The standard InChI is InChI=1S/C15H17ClN2O2/c16-12-7-3-6-11(8-12)15-17-14(20-18-15)9-13(19)10-4-1-2-5-10/h3,6-8,10,13,19H,1-2,4-5,9H2. The van der Waals surface area contributed by atoms with E-state index >= 15 is 0 Å². The van der Waals surface area contributed by atoms with E-state index in [0.717, 1.165) is 18.4 Å². The molecular formula is C15H17ClN2O2. The van der Waals surface area contributed by atoms with Gasteiger partial charge in [-0.05, 0) is 30.9 Å². The minimum absolute atomic E-state index is 0.372. The van der Waals surface area contributed by atoms with Gasteiger partial charge in [-0.25, -0.2) is 0 Å². The zero-order valence-electron chi connectivity index (χ0n) is 11.1. The summed E-state index contributed by atoms with van der Waals surface area (Å²) in [6.45, 7) is 0. The van der Waals surface area contributed by atoms with Crippen LogP contribution < -0.4 is 0 Å². The van der Waals surface area contributed by atoms with Crippen molar-refractivity contribution in [1.29, 1.82) is 0 Å². The lowest BCUT2D eigenvalue weighted by Crippen LogP contribution is -2.20. The Balaban J connectivity index is 1.70. The first-order valence-corrected chi connectivity index (χ1v) is 7.37. The second-order valence-electron chi connectivity index (χ2n) is 5.34. The molecule has 2 aromatic rings. The molecule has 20 heavy (non-hydrogen) atoms. The van der Waals surface area contributed by atoms with Gasteiger partial charge < -0.3 is 9.63 Å². The van der Waals surface area contributed by atoms with Gasteiger partial charge in [0, 0.05) is 10.6 Å². The molecule has 1 N–H and O–H groups in total. The molecule has 1 unspecified atom stereocenters. The summed E-state index contributed by atoms with van der Waals surface area (Å²) in [5, 5.41) is 14.8. The van der Waals surface area contributed by atoms with Crippen molar-refractivity contribution in [2.75, 3.05) is 0 Å². The van der Waals surface area contributed by atoms with Crippen LogP contribution in [0.4, 0.5) is 0 Å². The van der Waals surface area contributed by atoms with Crippen molar-refractivity contribution >= 4 is 11.6 Å². The van der Waals surface area contributed by atoms with Gasteiger partial charge >= 0.3 is 0 Å². The Kier molecular flexibility index (Phi) is 4.03. The van der Waals surface area contributed by atoms with E-state index in [1.165, 1.54) is 12.8 Å². The van der Waals surface area contributed by atoms with E-state index in [4.69, 9.17) is 16.1 Å². The summed E-state index contributed by atoms with van der Waals surface area (Å²) < 4.78 is 5.22. The van der Waals surface area contributed by atoms with Crippen molar-refractivity contribution in [2.24, 2.45) is 5.92 Å². The van der Waals surface area contributed by atoms with Gasteiger partial charge in [-0.3, -0.25) is 0 Å². The SMILES string of the molecule is OC(Cc1nc(-c2cccc(Cl)c2)no1)C1CCCC1. The molecule has 1 heterocycles. The molecule has 0 aliphatic heterocycles. The Hall–Kier alpha value is -1.39. The van der Waals surface area contributed by atoms with Crippen LogP contribution in [0.25, 0.3) is 11.4 Å². The Labute approximate surface area is 122 Å². The van der Waals surface area contributed by atoms with Crippen molar-refractivity contribution in [3.8, 4) is 11.4 Å². The zero-order chi connectivity index (χ0) is 13.9. The summed E-state index contributed by atoms with van der Waals surface area (Å²) in [5.74, 6) is 1.37. The molecule has 3 rings (SSSR count). The van der Waals surface area contributed by atoms with Crippen LogP contribution in [-0.2, 0) is 6.42 Å². The number of hydrogen-bond acceptors (Lipinski definition) is 4. The van der Waals surface area contributed by atoms with Crippen molar-refractivity contribution in [1.82, 2.24) is 10.1 Å². The predicted octanol–water partition coefficient (Wildman–Crippen LogP) is 3.48. The number of aromatic nitrogens is 2. The van der Waals surface area contributed by atoms with E-state index in [-0.39, 0.29) is 6.10 Å². The number of halogens is 1. The van der Waals surface area contributed by atoms with E-state index < -0.39 is 0 Å². The smallest absolute Gasteiger partial charge is 0.229 e. The molecule has 1 aliphatic rings.